The molecule has 4 nitrogen and oxygen atoms in total. The number of hydrogen-bond donors (Lipinski definition) is 1. The van der Waals surface area contributed by atoms with E-state index < -0.39 is 11.9 Å². The predicted molar refractivity (Wildman–Crippen MR) is 47.4 cm³/mol. The maximum atomic E-state index is 10.5. The lowest BCUT2D eigenvalue weighted by atomic mass is 10.2. The fourth-order valence-corrected chi connectivity index (χ4v) is 0.805. The number of unbranched alkanes of at least 4 members (excludes halogenated alkanes) is 1. The van der Waals surface area contributed by atoms with Gasteiger partial charge in [-0.15, -0.1) is 0 Å². The molecule has 0 aromatic carbocycles. The van der Waals surface area contributed by atoms with Gasteiger partial charge in [0.05, 0.1) is 12.7 Å². The van der Waals surface area contributed by atoms with Crippen molar-refractivity contribution < 1.29 is 19.4 Å². The van der Waals surface area contributed by atoms with Gasteiger partial charge in [-0.25, -0.2) is 0 Å². The molecule has 0 aromatic heterocycles. The maximum absolute atomic E-state index is 10.5. The van der Waals surface area contributed by atoms with Crippen molar-refractivity contribution >= 4 is 12.1 Å². The van der Waals surface area contributed by atoms with Crippen molar-refractivity contribution in [3.63, 3.8) is 0 Å². The molecule has 13 heavy (non-hydrogen) atoms. The molecule has 0 aliphatic heterocycles. The summed E-state index contributed by atoms with van der Waals surface area (Å²) < 4.78 is 5.06. The molecule has 0 rings (SSSR count). The van der Waals surface area contributed by atoms with Crippen LogP contribution in [0.5, 0.6) is 0 Å². The summed E-state index contributed by atoms with van der Waals surface area (Å²) in [6, 6.07) is 0. The molecule has 76 valence electrons. The third-order valence-corrected chi connectivity index (χ3v) is 1.52. The van der Waals surface area contributed by atoms with Crippen LogP contribution >= 0.6 is 0 Å². The highest BCUT2D eigenvalue weighted by Crippen LogP contribution is 1.95. The number of carbonyl (C=O) groups excluding carboxylic acids is 2. The van der Waals surface area contributed by atoms with Crippen molar-refractivity contribution in [3.8, 4) is 0 Å². The summed E-state index contributed by atoms with van der Waals surface area (Å²) in [6.45, 7) is 2.75. The molecule has 0 saturated heterocycles. The Hall–Kier alpha value is -0.740. The zero-order valence-electron chi connectivity index (χ0n) is 7.86. The molecule has 1 unspecified atom stereocenters. The number of rotatable bonds is 8. The predicted octanol–water partition coefficient (Wildman–Crippen LogP) is 0.322. The summed E-state index contributed by atoms with van der Waals surface area (Å²) in [7, 11) is 0. The van der Waals surface area contributed by atoms with Crippen LogP contribution in [0.4, 0.5) is 0 Å². The average Bonchev–Trinajstić information content (AvgIpc) is 2.12. The molecule has 1 N–H and O–H groups in total. The van der Waals surface area contributed by atoms with Crippen LogP contribution < -0.4 is 0 Å². The molecule has 0 aliphatic carbocycles. The largest absolute Gasteiger partial charge is 0.390 e. The van der Waals surface area contributed by atoms with Gasteiger partial charge in [0.15, 0.2) is 12.1 Å². The molecule has 0 spiro atoms. The Balaban J connectivity index is 3.34. The smallest absolute Gasteiger partial charge is 0.197 e. The highest BCUT2D eigenvalue weighted by molar-refractivity contribution is 6.25. The Kier molecular flexibility index (Phi) is 7.44. The second kappa shape index (κ2) is 7.89. The lowest BCUT2D eigenvalue weighted by Gasteiger charge is -2.08. The quantitative estimate of drug-likeness (QED) is 0.338. The van der Waals surface area contributed by atoms with Gasteiger partial charge in [-0.3, -0.25) is 9.59 Å². The zero-order chi connectivity index (χ0) is 10.1. The van der Waals surface area contributed by atoms with E-state index >= 15 is 0 Å². The highest BCUT2D eigenvalue weighted by Gasteiger charge is 2.09. The third-order valence-electron chi connectivity index (χ3n) is 1.52. The molecule has 0 fully saturated rings. The maximum Gasteiger partial charge on any atom is 0.197 e. The average molecular weight is 188 g/mol. The van der Waals surface area contributed by atoms with Crippen LogP contribution in [0.25, 0.3) is 0 Å². The summed E-state index contributed by atoms with van der Waals surface area (Å²) >= 11 is 0. The number of ketones is 1. The van der Waals surface area contributed by atoms with Gasteiger partial charge in [0.25, 0.3) is 0 Å². The molecule has 4 heteroatoms. The van der Waals surface area contributed by atoms with Crippen molar-refractivity contribution in [2.45, 2.75) is 32.3 Å². The molecule has 1 atom stereocenters. The van der Waals surface area contributed by atoms with E-state index in [1.165, 1.54) is 0 Å². The van der Waals surface area contributed by atoms with Crippen molar-refractivity contribution in [1.29, 1.82) is 0 Å². The van der Waals surface area contributed by atoms with Crippen LogP contribution in [0.3, 0.4) is 0 Å². The Morgan fingerprint density at radius 3 is 2.85 bits per heavy atom. The zero-order valence-corrected chi connectivity index (χ0v) is 7.86. The highest BCUT2D eigenvalue weighted by atomic mass is 16.5. The molecule has 0 aromatic rings. The van der Waals surface area contributed by atoms with Crippen LogP contribution in [0.15, 0.2) is 0 Å². The van der Waals surface area contributed by atoms with E-state index in [1.54, 1.807) is 0 Å². The Labute approximate surface area is 77.9 Å². The number of ether oxygens (including phenoxy) is 1. The van der Waals surface area contributed by atoms with E-state index in [1.807, 2.05) is 6.92 Å². The van der Waals surface area contributed by atoms with Crippen LogP contribution in [-0.4, -0.2) is 36.5 Å². The van der Waals surface area contributed by atoms with Crippen molar-refractivity contribution in [2.24, 2.45) is 0 Å². The molecular weight excluding hydrogens is 172 g/mol. The first-order valence-electron chi connectivity index (χ1n) is 4.44. The third kappa shape index (κ3) is 7.62. The number of aldehydes is 1. The number of aliphatic hydroxyl groups is 1. The van der Waals surface area contributed by atoms with E-state index in [2.05, 4.69) is 0 Å². The minimum absolute atomic E-state index is 0.125. The second-order valence-electron chi connectivity index (χ2n) is 2.87. The lowest BCUT2D eigenvalue weighted by molar-refractivity contribution is -0.131. The molecule has 0 saturated carbocycles. The standard InChI is InChI=1S/C9H16O4/c1-2-3-4-13-7-9(12)5-8(11)6-10/h6,9,12H,2-5,7H2,1H3. The number of carbonyl (C=O) groups is 2. The number of Topliss-reactive ketones (excluding diaryl/α,β-unsaturated/α-hetero) is 1. The summed E-state index contributed by atoms with van der Waals surface area (Å²) in [5.74, 6) is -0.591. The minimum atomic E-state index is -0.852. The summed E-state index contributed by atoms with van der Waals surface area (Å²) in [6.07, 6.45) is 1.19. The molecule has 0 bridgehead atoms. The molecule has 0 amide bonds. The van der Waals surface area contributed by atoms with Crippen LogP contribution in [0.2, 0.25) is 0 Å². The van der Waals surface area contributed by atoms with Crippen molar-refractivity contribution in [3.05, 3.63) is 0 Å². The fraction of sp³-hybridized carbons (Fsp3) is 0.778. The molecule has 0 radical (unpaired) electrons. The molecule has 0 aliphatic rings. The first-order chi connectivity index (χ1) is 6.20. The van der Waals surface area contributed by atoms with Crippen LogP contribution in [0, 0.1) is 0 Å². The van der Waals surface area contributed by atoms with E-state index in [0.29, 0.717) is 6.61 Å². The van der Waals surface area contributed by atoms with Crippen LogP contribution in [-0.2, 0) is 14.3 Å². The summed E-state index contributed by atoms with van der Waals surface area (Å²) in [5.41, 5.74) is 0. The van der Waals surface area contributed by atoms with Gasteiger partial charge >= 0.3 is 0 Å². The van der Waals surface area contributed by atoms with Gasteiger partial charge in [0, 0.05) is 13.0 Å². The topological polar surface area (TPSA) is 63.6 Å². The van der Waals surface area contributed by atoms with Gasteiger partial charge in [-0.2, -0.15) is 0 Å². The van der Waals surface area contributed by atoms with Crippen LogP contribution in [0.1, 0.15) is 26.2 Å². The number of hydrogen-bond acceptors (Lipinski definition) is 4. The van der Waals surface area contributed by atoms with Gasteiger partial charge < -0.3 is 9.84 Å². The first kappa shape index (κ1) is 12.3. The van der Waals surface area contributed by atoms with Gasteiger partial charge in [-0.1, -0.05) is 13.3 Å². The van der Waals surface area contributed by atoms with Gasteiger partial charge in [-0.05, 0) is 6.42 Å². The molecular formula is C9H16O4. The van der Waals surface area contributed by atoms with E-state index in [0.717, 1.165) is 12.8 Å². The molecule has 0 heterocycles. The first-order valence-corrected chi connectivity index (χ1v) is 4.44. The van der Waals surface area contributed by atoms with Gasteiger partial charge in [0.2, 0.25) is 0 Å². The van der Waals surface area contributed by atoms with E-state index in [4.69, 9.17) is 9.84 Å². The normalized spacial score (nSPS) is 12.5. The van der Waals surface area contributed by atoms with E-state index in [-0.39, 0.29) is 19.3 Å². The Morgan fingerprint density at radius 2 is 2.31 bits per heavy atom. The summed E-state index contributed by atoms with van der Waals surface area (Å²) in [5, 5.41) is 9.15. The lowest BCUT2D eigenvalue weighted by Crippen LogP contribution is -2.20. The van der Waals surface area contributed by atoms with Gasteiger partial charge in [0.1, 0.15) is 0 Å². The van der Waals surface area contributed by atoms with E-state index in [9.17, 15) is 9.59 Å². The van der Waals surface area contributed by atoms with Crippen molar-refractivity contribution in [1.82, 2.24) is 0 Å². The fourth-order valence-electron chi connectivity index (χ4n) is 0.805. The number of aliphatic hydroxyl groups excluding tert-OH is 1. The Morgan fingerprint density at radius 1 is 1.62 bits per heavy atom. The second-order valence-corrected chi connectivity index (χ2v) is 2.87. The summed E-state index contributed by atoms with van der Waals surface area (Å²) in [4.78, 5) is 20.4. The van der Waals surface area contributed by atoms with Crippen molar-refractivity contribution in [2.75, 3.05) is 13.2 Å². The minimum Gasteiger partial charge on any atom is -0.390 e. The SMILES string of the molecule is CCCCOCC(O)CC(=O)C=O. The Bertz CT molecular complexity index is 156. The monoisotopic (exact) mass is 188 g/mol.